The zero-order valence-corrected chi connectivity index (χ0v) is 15.6. The lowest BCUT2D eigenvalue weighted by molar-refractivity contribution is -0.117. The second-order valence-electron chi connectivity index (χ2n) is 6.74. The number of aryl methyl sites for hydroxylation is 1. The summed E-state index contributed by atoms with van der Waals surface area (Å²) in [4.78, 5) is 14.7. The van der Waals surface area contributed by atoms with Gasteiger partial charge in [-0.25, -0.2) is 0 Å². The minimum Gasteiger partial charge on any atom is -0.398 e. The molecule has 27 heavy (non-hydrogen) atoms. The number of nitrogens with one attached hydrogen (secondary N) is 1. The lowest BCUT2D eigenvalue weighted by Crippen LogP contribution is -2.32. The van der Waals surface area contributed by atoms with Gasteiger partial charge in [0.15, 0.2) is 0 Å². The van der Waals surface area contributed by atoms with E-state index in [2.05, 4.69) is 34.5 Å². The van der Waals surface area contributed by atoms with Crippen molar-refractivity contribution in [1.82, 2.24) is 4.90 Å². The van der Waals surface area contributed by atoms with Crippen LogP contribution in [0.2, 0.25) is 0 Å². The van der Waals surface area contributed by atoms with Gasteiger partial charge in [-0.15, -0.1) is 0 Å². The number of benzene rings is 3. The Labute approximate surface area is 160 Å². The maximum atomic E-state index is 12.6. The smallest absolute Gasteiger partial charge is 0.238 e. The van der Waals surface area contributed by atoms with Gasteiger partial charge in [-0.1, -0.05) is 66.7 Å². The molecule has 3 aromatic rings. The predicted molar refractivity (Wildman–Crippen MR) is 111 cm³/mol. The lowest BCUT2D eigenvalue weighted by atomic mass is 10.1. The van der Waals surface area contributed by atoms with Crippen LogP contribution in [-0.4, -0.2) is 17.4 Å². The summed E-state index contributed by atoms with van der Waals surface area (Å²) in [5, 5.41) is 2.95. The Bertz CT molecular complexity index is 837. The van der Waals surface area contributed by atoms with Crippen LogP contribution in [-0.2, 0) is 17.9 Å². The molecule has 0 radical (unpaired) electrons. The van der Waals surface area contributed by atoms with Crippen LogP contribution in [0, 0.1) is 6.92 Å². The van der Waals surface area contributed by atoms with E-state index in [1.54, 1.807) is 6.07 Å². The zero-order chi connectivity index (χ0) is 19.1. The molecule has 4 nitrogen and oxygen atoms in total. The van der Waals surface area contributed by atoms with Gasteiger partial charge in [-0.3, -0.25) is 9.69 Å². The summed E-state index contributed by atoms with van der Waals surface area (Å²) >= 11 is 0. The molecule has 0 aliphatic carbocycles. The number of nitrogens with zero attached hydrogens (tertiary/aromatic N) is 1. The molecule has 0 aliphatic rings. The highest BCUT2D eigenvalue weighted by Crippen LogP contribution is 2.17. The van der Waals surface area contributed by atoms with Gasteiger partial charge in [-0.05, 0) is 35.7 Å². The van der Waals surface area contributed by atoms with E-state index in [4.69, 9.17) is 5.73 Å². The Morgan fingerprint density at radius 1 is 0.889 bits per heavy atom. The number of hydrogen-bond donors (Lipinski definition) is 2. The molecule has 0 aromatic heterocycles. The monoisotopic (exact) mass is 359 g/mol. The van der Waals surface area contributed by atoms with Gasteiger partial charge in [0.1, 0.15) is 0 Å². The Kier molecular flexibility index (Phi) is 6.23. The number of carbonyl (C=O) groups excluding carboxylic acids is 1. The van der Waals surface area contributed by atoms with Crippen LogP contribution < -0.4 is 11.1 Å². The molecular weight excluding hydrogens is 334 g/mol. The molecule has 0 heterocycles. The van der Waals surface area contributed by atoms with Crippen molar-refractivity contribution in [3.8, 4) is 0 Å². The fourth-order valence-corrected chi connectivity index (χ4v) is 2.97. The van der Waals surface area contributed by atoms with Gasteiger partial charge in [0.05, 0.1) is 6.54 Å². The molecular formula is C23H25N3O. The van der Waals surface area contributed by atoms with Gasteiger partial charge < -0.3 is 11.1 Å². The van der Waals surface area contributed by atoms with Crippen LogP contribution in [0.4, 0.5) is 11.4 Å². The second kappa shape index (κ2) is 9.01. The summed E-state index contributed by atoms with van der Waals surface area (Å²) in [7, 11) is 0. The van der Waals surface area contributed by atoms with E-state index in [-0.39, 0.29) is 5.91 Å². The summed E-state index contributed by atoms with van der Waals surface area (Å²) in [6.45, 7) is 3.67. The molecule has 0 atom stereocenters. The fraction of sp³-hybridized carbons (Fsp3) is 0.174. The number of anilines is 2. The minimum absolute atomic E-state index is 0.0508. The molecule has 0 bridgehead atoms. The van der Waals surface area contributed by atoms with Crippen molar-refractivity contribution < 1.29 is 4.79 Å². The maximum absolute atomic E-state index is 12.6. The summed E-state index contributed by atoms with van der Waals surface area (Å²) < 4.78 is 0. The maximum Gasteiger partial charge on any atom is 0.238 e. The second-order valence-corrected chi connectivity index (χ2v) is 6.74. The molecule has 1 amide bonds. The van der Waals surface area contributed by atoms with E-state index in [9.17, 15) is 4.79 Å². The van der Waals surface area contributed by atoms with Gasteiger partial charge in [0.2, 0.25) is 5.91 Å². The number of amides is 1. The van der Waals surface area contributed by atoms with Gasteiger partial charge >= 0.3 is 0 Å². The topological polar surface area (TPSA) is 58.4 Å². The van der Waals surface area contributed by atoms with Crippen molar-refractivity contribution >= 4 is 17.3 Å². The highest BCUT2D eigenvalue weighted by Gasteiger charge is 2.13. The highest BCUT2D eigenvalue weighted by molar-refractivity contribution is 5.92. The third kappa shape index (κ3) is 5.69. The summed E-state index contributed by atoms with van der Waals surface area (Å²) in [6.07, 6.45) is 0. The SMILES string of the molecule is Cc1ccc(NC(=O)CN(Cc2ccccc2)Cc2ccccc2)cc1N. The van der Waals surface area contributed by atoms with Gasteiger partial charge in [0, 0.05) is 24.5 Å². The van der Waals surface area contributed by atoms with Crippen molar-refractivity contribution in [3.63, 3.8) is 0 Å². The van der Waals surface area contributed by atoms with E-state index in [1.807, 2.05) is 55.5 Å². The molecule has 3 N–H and O–H groups in total. The quantitative estimate of drug-likeness (QED) is 0.621. The van der Waals surface area contributed by atoms with Gasteiger partial charge in [0.25, 0.3) is 0 Å². The van der Waals surface area contributed by atoms with Crippen LogP contribution in [0.3, 0.4) is 0 Å². The van der Waals surface area contributed by atoms with Crippen molar-refractivity contribution in [2.24, 2.45) is 0 Å². The molecule has 0 saturated heterocycles. The van der Waals surface area contributed by atoms with Crippen LogP contribution in [0.1, 0.15) is 16.7 Å². The zero-order valence-electron chi connectivity index (χ0n) is 15.6. The number of nitrogens with two attached hydrogens (primary N) is 1. The van der Waals surface area contributed by atoms with E-state index < -0.39 is 0 Å². The molecule has 0 unspecified atom stereocenters. The third-order valence-corrected chi connectivity index (χ3v) is 4.43. The Morgan fingerprint density at radius 2 is 1.44 bits per heavy atom. The minimum atomic E-state index is -0.0508. The number of hydrogen-bond acceptors (Lipinski definition) is 3. The van der Waals surface area contributed by atoms with E-state index in [0.29, 0.717) is 25.3 Å². The Balaban J connectivity index is 1.69. The van der Waals surface area contributed by atoms with Crippen LogP contribution >= 0.6 is 0 Å². The molecule has 0 aliphatic heterocycles. The summed E-state index contributed by atoms with van der Waals surface area (Å²) in [5.41, 5.74) is 10.7. The van der Waals surface area contributed by atoms with Crippen LogP contribution in [0.15, 0.2) is 78.9 Å². The van der Waals surface area contributed by atoms with E-state index in [0.717, 1.165) is 11.3 Å². The largest absolute Gasteiger partial charge is 0.398 e. The average Bonchev–Trinajstić information content (AvgIpc) is 2.66. The first-order valence-corrected chi connectivity index (χ1v) is 9.06. The summed E-state index contributed by atoms with van der Waals surface area (Å²) in [5.74, 6) is -0.0508. The van der Waals surface area contributed by atoms with E-state index in [1.165, 1.54) is 11.1 Å². The van der Waals surface area contributed by atoms with Crippen molar-refractivity contribution in [3.05, 3.63) is 95.6 Å². The Morgan fingerprint density at radius 3 is 1.96 bits per heavy atom. The molecule has 0 saturated carbocycles. The molecule has 138 valence electrons. The van der Waals surface area contributed by atoms with Crippen molar-refractivity contribution in [1.29, 1.82) is 0 Å². The van der Waals surface area contributed by atoms with Crippen LogP contribution in [0.25, 0.3) is 0 Å². The average molecular weight is 359 g/mol. The lowest BCUT2D eigenvalue weighted by Gasteiger charge is -2.22. The standard InChI is InChI=1S/C23H25N3O/c1-18-12-13-21(14-22(18)24)25-23(27)17-26(15-19-8-4-2-5-9-19)16-20-10-6-3-7-11-20/h2-14H,15-17,24H2,1H3,(H,25,27). The molecule has 0 fully saturated rings. The van der Waals surface area contributed by atoms with Gasteiger partial charge in [-0.2, -0.15) is 0 Å². The molecule has 3 rings (SSSR count). The summed E-state index contributed by atoms with van der Waals surface area (Å²) in [6, 6.07) is 26.0. The molecule has 3 aromatic carbocycles. The molecule has 4 heteroatoms. The number of carbonyl (C=O) groups is 1. The third-order valence-electron chi connectivity index (χ3n) is 4.43. The number of rotatable bonds is 7. The number of nitrogen functional groups attached to an aromatic ring is 1. The van der Waals surface area contributed by atoms with Crippen molar-refractivity contribution in [2.75, 3.05) is 17.6 Å². The van der Waals surface area contributed by atoms with Crippen LogP contribution in [0.5, 0.6) is 0 Å². The Hall–Kier alpha value is -3.11. The highest BCUT2D eigenvalue weighted by atomic mass is 16.2. The van der Waals surface area contributed by atoms with Crippen molar-refractivity contribution in [2.45, 2.75) is 20.0 Å². The first kappa shape index (κ1) is 18.7. The predicted octanol–water partition coefficient (Wildman–Crippen LogP) is 4.22. The normalized spacial score (nSPS) is 10.7. The first-order chi connectivity index (χ1) is 13.1. The fourth-order valence-electron chi connectivity index (χ4n) is 2.97. The van der Waals surface area contributed by atoms with E-state index >= 15 is 0 Å². The first-order valence-electron chi connectivity index (χ1n) is 9.06. The molecule has 0 spiro atoms.